The molecule has 0 saturated heterocycles. The van der Waals surface area contributed by atoms with Crippen LogP contribution in [0.2, 0.25) is 5.02 Å². The minimum Gasteiger partial charge on any atom is -0.493 e. The quantitative estimate of drug-likeness (QED) is 0.913. The van der Waals surface area contributed by atoms with Gasteiger partial charge in [0.1, 0.15) is 5.01 Å². The van der Waals surface area contributed by atoms with Gasteiger partial charge in [-0.1, -0.05) is 11.6 Å². The normalized spacial score (nSPS) is 10.2. The number of benzene rings is 1. The summed E-state index contributed by atoms with van der Waals surface area (Å²) in [6, 6.07) is 3.54. The van der Waals surface area contributed by atoms with Crippen molar-refractivity contribution in [2.45, 2.75) is 6.54 Å². The highest BCUT2D eigenvalue weighted by molar-refractivity contribution is 7.09. The van der Waals surface area contributed by atoms with Crippen molar-refractivity contribution in [2.75, 3.05) is 19.5 Å². The number of nitrogens with one attached hydrogen (secondary N) is 1. The Labute approximate surface area is 115 Å². The zero-order valence-electron chi connectivity index (χ0n) is 10.1. The lowest BCUT2D eigenvalue weighted by Crippen LogP contribution is -2.00. The Morgan fingerprint density at radius 2 is 2.00 bits per heavy atom. The van der Waals surface area contributed by atoms with Crippen LogP contribution in [0.25, 0.3) is 0 Å². The second-order valence-corrected chi connectivity index (χ2v) is 4.85. The summed E-state index contributed by atoms with van der Waals surface area (Å²) < 4.78 is 10.4. The highest BCUT2D eigenvalue weighted by Crippen LogP contribution is 2.36. The first-order valence-corrected chi connectivity index (χ1v) is 6.54. The smallest absolute Gasteiger partial charge is 0.162 e. The van der Waals surface area contributed by atoms with Crippen LogP contribution in [0.15, 0.2) is 23.7 Å². The SMILES string of the molecule is COc1cc(Cl)c(NCc2nccs2)cc1OC. The van der Waals surface area contributed by atoms with Gasteiger partial charge < -0.3 is 14.8 Å². The Kier molecular flexibility index (Phi) is 4.28. The molecule has 0 amide bonds. The lowest BCUT2D eigenvalue weighted by molar-refractivity contribution is 0.355. The zero-order chi connectivity index (χ0) is 13.0. The molecule has 18 heavy (non-hydrogen) atoms. The molecule has 2 aromatic rings. The van der Waals surface area contributed by atoms with E-state index in [1.807, 2.05) is 11.4 Å². The van der Waals surface area contributed by atoms with Crippen LogP contribution in [0.1, 0.15) is 5.01 Å². The summed E-state index contributed by atoms with van der Waals surface area (Å²) in [5.41, 5.74) is 0.796. The molecule has 1 aromatic heterocycles. The van der Waals surface area contributed by atoms with Crippen molar-refractivity contribution in [3.05, 3.63) is 33.7 Å². The summed E-state index contributed by atoms with van der Waals surface area (Å²) in [5, 5.41) is 6.75. The number of anilines is 1. The van der Waals surface area contributed by atoms with Gasteiger partial charge in [-0.05, 0) is 0 Å². The van der Waals surface area contributed by atoms with Crippen molar-refractivity contribution >= 4 is 28.6 Å². The van der Waals surface area contributed by atoms with Crippen LogP contribution in [0.4, 0.5) is 5.69 Å². The minimum atomic E-state index is 0.587. The maximum absolute atomic E-state index is 6.16. The molecule has 0 radical (unpaired) electrons. The molecular formula is C12H13ClN2O2S. The first-order chi connectivity index (χ1) is 8.74. The number of halogens is 1. The van der Waals surface area contributed by atoms with E-state index < -0.39 is 0 Å². The molecule has 0 unspecified atom stereocenters. The van der Waals surface area contributed by atoms with E-state index in [0.29, 0.717) is 23.1 Å². The van der Waals surface area contributed by atoms with Crippen molar-refractivity contribution < 1.29 is 9.47 Å². The lowest BCUT2D eigenvalue weighted by Gasteiger charge is -2.12. The Morgan fingerprint density at radius 1 is 1.28 bits per heavy atom. The maximum Gasteiger partial charge on any atom is 0.162 e. The number of methoxy groups -OCH3 is 2. The van der Waals surface area contributed by atoms with Gasteiger partial charge in [-0.25, -0.2) is 4.98 Å². The van der Waals surface area contributed by atoms with Crippen molar-refractivity contribution in [3.63, 3.8) is 0 Å². The number of nitrogens with zero attached hydrogens (tertiary/aromatic N) is 1. The molecule has 0 aliphatic heterocycles. The monoisotopic (exact) mass is 284 g/mol. The van der Waals surface area contributed by atoms with Gasteiger partial charge in [-0.15, -0.1) is 11.3 Å². The highest BCUT2D eigenvalue weighted by atomic mass is 35.5. The third-order valence-electron chi connectivity index (χ3n) is 2.39. The van der Waals surface area contributed by atoms with E-state index in [1.54, 1.807) is 37.8 Å². The molecule has 0 aliphatic carbocycles. The van der Waals surface area contributed by atoms with Crippen LogP contribution < -0.4 is 14.8 Å². The van der Waals surface area contributed by atoms with E-state index in [4.69, 9.17) is 21.1 Å². The Morgan fingerprint density at radius 3 is 2.61 bits per heavy atom. The summed E-state index contributed by atoms with van der Waals surface area (Å²) in [6.07, 6.45) is 1.78. The van der Waals surface area contributed by atoms with Gasteiger partial charge in [-0.3, -0.25) is 0 Å². The number of hydrogen-bond acceptors (Lipinski definition) is 5. The van der Waals surface area contributed by atoms with E-state index in [0.717, 1.165) is 10.7 Å². The molecule has 0 saturated carbocycles. The predicted octanol–water partition coefficient (Wildman–Crippen LogP) is 3.43. The van der Waals surface area contributed by atoms with E-state index in [9.17, 15) is 0 Å². The van der Waals surface area contributed by atoms with Crippen molar-refractivity contribution in [3.8, 4) is 11.5 Å². The largest absolute Gasteiger partial charge is 0.493 e. The fourth-order valence-corrected chi connectivity index (χ4v) is 2.28. The topological polar surface area (TPSA) is 43.4 Å². The summed E-state index contributed by atoms with van der Waals surface area (Å²) in [4.78, 5) is 4.19. The standard InChI is InChI=1S/C12H13ClN2O2S/c1-16-10-5-8(13)9(6-11(10)17-2)15-7-12-14-3-4-18-12/h3-6,15H,7H2,1-2H3. The number of hydrogen-bond donors (Lipinski definition) is 1. The summed E-state index contributed by atoms with van der Waals surface area (Å²) in [7, 11) is 3.17. The first kappa shape index (κ1) is 13.0. The van der Waals surface area contributed by atoms with Gasteiger partial charge in [0.05, 0.1) is 31.5 Å². The van der Waals surface area contributed by atoms with Crippen molar-refractivity contribution in [2.24, 2.45) is 0 Å². The predicted molar refractivity (Wildman–Crippen MR) is 74.0 cm³/mol. The molecule has 2 rings (SSSR count). The zero-order valence-corrected chi connectivity index (χ0v) is 11.6. The van der Waals surface area contributed by atoms with Crippen LogP contribution in [-0.2, 0) is 6.54 Å². The number of ether oxygens (including phenoxy) is 2. The molecule has 1 aromatic carbocycles. The second kappa shape index (κ2) is 5.93. The van der Waals surface area contributed by atoms with Gasteiger partial charge in [0, 0.05) is 23.7 Å². The van der Waals surface area contributed by atoms with Crippen LogP contribution in [0, 0.1) is 0 Å². The van der Waals surface area contributed by atoms with E-state index in [2.05, 4.69) is 10.3 Å². The first-order valence-electron chi connectivity index (χ1n) is 5.28. The average molecular weight is 285 g/mol. The second-order valence-electron chi connectivity index (χ2n) is 3.47. The van der Waals surface area contributed by atoms with Crippen LogP contribution in [0.3, 0.4) is 0 Å². The molecule has 0 fully saturated rings. The summed E-state index contributed by atoms with van der Waals surface area (Å²) in [5.74, 6) is 1.26. The van der Waals surface area contributed by atoms with Crippen molar-refractivity contribution in [1.82, 2.24) is 4.98 Å². The minimum absolute atomic E-state index is 0.587. The molecule has 0 bridgehead atoms. The average Bonchev–Trinajstić information content (AvgIpc) is 2.90. The van der Waals surface area contributed by atoms with Crippen LogP contribution in [-0.4, -0.2) is 19.2 Å². The molecule has 0 atom stereocenters. The lowest BCUT2D eigenvalue weighted by atomic mass is 10.2. The van der Waals surface area contributed by atoms with Crippen LogP contribution in [0.5, 0.6) is 11.5 Å². The summed E-state index contributed by atoms with van der Waals surface area (Å²) >= 11 is 7.76. The van der Waals surface area contributed by atoms with Gasteiger partial charge >= 0.3 is 0 Å². The summed E-state index contributed by atoms with van der Waals surface area (Å²) in [6.45, 7) is 0.632. The Hall–Kier alpha value is -1.46. The molecule has 1 heterocycles. The highest BCUT2D eigenvalue weighted by Gasteiger charge is 2.09. The fraction of sp³-hybridized carbons (Fsp3) is 0.250. The van der Waals surface area contributed by atoms with E-state index in [1.165, 1.54) is 0 Å². The Balaban J connectivity index is 2.17. The third-order valence-corrected chi connectivity index (χ3v) is 3.48. The third kappa shape index (κ3) is 2.86. The van der Waals surface area contributed by atoms with E-state index >= 15 is 0 Å². The number of rotatable bonds is 5. The molecular weight excluding hydrogens is 272 g/mol. The number of aromatic nitrogens is 1. The van der Waals surface area contributed by atoms with Gasteiger partial charge in [0.2, 0.25) is 0 Å². The van der Waals surface area contributed by atoms with Crippen molar-refractivity contribution in [1.29, 1.82) is 0 Å². The van der Waals surface area contributed by atoms with Crippen LogP contribution >= 0.6 is 22.9 Å². The molecule has 6 heteroatoms. The molecule has 1 N–H and O–H groups in total. The van der Waals surface area contributed by atoms with Gasteiger partial charge in [0.25, 0.3) is 0 Å². The van der Waals surface area contributed by atoms with E-state index in [-0.39, 0.29) is 0 Å². The fourth-order valence-electron chi connectivity index (χ4n) is 1.50. The maximum atomic E-state index is 6.16. The number of thiazole rings is 1. The Bertz CT molecular complexity index is 517. The molecule has 4 nitrogen and oxygen atoms in total. The molecule has 0 aliphatic rings. The molecule has 96 valence electrons. The van der Waals surface area contributed by atoms with Gasteiger partial charge in [0.15, 0.2) is 11.5 Å². The molecule has 0 spiro atoms. The van der Waals surface area contributed by atoms with Gasteiger partial charge in [-0.2, -0.15) is 0 Å².